The van der Waals surface area contributed by atoms with E-state index in [2.05, 4.69) is 5.32 Å². The maximum absolute atomic E-state index is 11.2. The van der Waals surface area contributed by atoms with Crippen LogP contribution >= 0.6 is 12.4 Å². The topological polar surface area (TPSA) is 79.0 Å². The highest BCUT2D eigenvalue weighted by Crippen LogP contribution is 2.31. The van der Waals surface area contributed by atoms with E-state index in [-0.39, 0.29) is 18.3 Å². The van der Waals surface area contributed by atoms with E-state index in [1.165, 1.54) is 6.92 Å². The van der Waals surface area contributed by atoms with Crippen LogP contribution in [-0.4, -0.2) is 11.6 Å². The Hall–Kier alpha value is -3.11. The van der Waals surface area contributed by atoms with Crippen LogP contribution in [0.5, 0.6) is 0 Å². The second-order valence-electron chi connectivity index (χ2n) is 6.29. The van der Waals surface area contributed by atoms with Gasteiger partial charge in [-0.2, -0.15) is 0 Å². The van der Waals surface area contributed by atoms with Gasteiger partial charge in [-0.05, 0) is 71.2 Å². The van der Waals surface area contributed by atoms with Crippen LogP contribution in [0.15, 0.2) is 77.9 Å². The molecule has 5 heteroatoms. The fourth-order valence-corrected chi connectivity index (χ4v) is 2.89. The van der Waals surface area contributed by atoms with Gasteiger partial charge in [0, 0.05) is 18.3 Å². The maximum Gasteiger partial charge on any atom is 0.221 e. The molecule has 2 aromatic rings. The van der Waals surface area contributed by atoms with Gasteiger partial charge in [-0.25, -0.2) is 0 Å². The highest BCUT2D eigenvalue weighted by Gasteiger charge is 2.13. The van der Waals surface area contributed by atoms with Crippen LogP contribution in [0.4, 0.5) is 11.4 Å². The van der Waals surface area contributed by atoms with E-state index < -0.39 is 0 Å². The van der Waals surface area contributed by atoms with Gasteiger partial charge < -0.3 is 16.5 Å². The summed E-state index contributed by atoms with van der Waals surface area (Å²) in [5, 5.41) is 10.7. The standard InChI is InChI=1S/C22H21N3O.ClH/c1-14-13-18(7-12-21(14)24)22(16-3-8-19(23)9-4-16)17-5-10-20(11-6-17)25-15(2)26;/h3-13,24H,23H2,1-2H3,(H,25,26);1H. The normalized spacial score (nSPS) is 14.9. The van der Waals surface area contributed by atoms with Crippen molar-refractivity contribution in [3.63, 3.8) is 0 Å². The number of benzene rings is 2. The van der Waals surface area contributed by atoms with Gasteiger partial charge >= 0.3 is 0 Å². The number of amides is 1. The Morgan fingerprint density at radius 3 is 2.04 bits per heavy atom. The number of nitrogens with one attached hydrogen (secondary N) is 2. The van der Waals surface area contributed by atoms with Crippen molar-refractivity contribution in [1.82, 2.24) is 0 Å². The van der Waals surface area contributed by atoms with Crippen molar-refractivity contribution in [2.24, 2.45) is 0 Å². The molecule has 0 unspecified atom stereocenters. The van der Waals surface area contributed by atoms with Crippen LogP contribution < -0.4 is 11.1 Å². The lowest BCUT2D eigenvalue weighted by Gasteiger charge is -2.16. The summed E-state index contributed by atoms with van der Waals surface area (Å²) in [6, 6.07) is 15.5. The molecule has 0 aromatic heterocycles. The molecule has 0 fully saturated rings. The summed E-state index contributed by atoms with van der Waals surface area (Å²) in [7, 11) is 0. The van der Waals surface area contributed by atoms with E-state index in [4.69, 9.17) is 11.1 Å². The summed E-state index contributed by atoms with van der Waals surface area (Å²) >= 11 is 0. The number of nitrogen functional groups attached to an aromatic ring is 1. The number of rotatable bonds is 3. The number of anilines is 2. The molecule has 1 aliphatic rings. The Kier molecular flexibility index (Phi) is 6.37. The van der Waals surface area contributed by atoms with Crippen molar-refractivity contribution in [3.05, 3.63) is 89.0 Å². The third kappa shape index (κ3) is 4.74. The first-order valence-electron chi connectivity index (χ1n) is 8.37. The first-order chi connectivity index (χ1) is 12.4. The Bertz CT molecular complexity index is 952. The van der Waals surface area contributed by atoms with Crippen LogP contribution in [0.25, 0.3) is 5.57 Å². The van der Waals surface area contributed by atoms with Gasteiger partial charge in [-0.15, -0.1) is 12.4 Å². The van der Waals surface area contributed by atoms with E-state index in [0.29, 0.717) is 11.4 Å². The zero-order valence-corrected chi connectivity index (χ0v) is 16.1. The van der Waals surface area contributed by atoms with Crippen molar-refractivity contribution in [2.45, 2.75) is 13.8 Å². The number of nitrogens with two attached hydrogens (primary N) is 1. The monoisotopic (exact) mass is 379 g/mol. The Morgan fingerprint density at radius 2 is 1.52 bits per heavy atom. The molecule has 2 aromatic carbocycles. The molecule has 0 bridgehead atoms. The molecule has 0 aliphatic heterocycles. The van der Waals surface area contributed by atoms with Crippen molar-refractivity contribution >= 4 is 41.0 Å². The van der Waals surface area contributed by atoms with Gasteiger partial charge in [0.2, 0.25) is 5.91 Å². The number of carbonyl (C=O) groups excluding carboxylic acids is 1. The Labute approximate surface area is 165 Å². The second-order valence-corrected chi connectivity index (χ2v) is 6.29. The van der Waals surface area contributed by atoms with Crippen molar-refractivity contribution < 1.29 is 4.79 Å². The molecule has 0 atom stereocenters. The lowest BCUT2D eigenvalue weighted by Crippen LogP contribution is -2.05. The van der Waals surface area contributed by atoms with Gasteiger partial charge in [0.1, 0.15) is 0 Å². The summed E-state index contributed by atoms with van der Waals surface area (Å²) in [4.78, 5) is 11.2. The van der Waals surface area contributed by atoms with Crippen LogP contribution in [0.2, 0.25) is 0 Å². The molecule has 0 heterocycles. The summed E-state index contributed by atoms with van der Waals surface area (Å²) in [6.45, 7) is 3.43. The van der Waals surface area contributed by atoms with E-state index in [1.807, 2.05) is 73.7 Å². The van der Waals surface area contributed by atoms with Crippen LogP contribution in [-0.2, 0) is 4.79 Å². The molecule has 138 valence electrons. The zero-order valence-electron chi connectivity index (χ0n) is 15.2. The molecule has 1 amide bonds. The summed E-state index contributed by atoms with van der Waals surface area (Å²) in [6.07, 6.45) is 5.80. The SMILES string of the molecule is CC(=O)Nc1ccc(C(=C2C=CC(=N)C(C)=C2)c2ccc(N)cc2)cc1.Cl. The van der Waals surface area contributed by atoms with Crippen molar-refractivity contribution in [3.8, 4) is 0 Å². The maximum atomic E-state index is 11.2. The Morgan fingerprint density at radius 1 is 0.963 bits per heavy atom. The summed E-state index contributed by atoms with van der Waals surface area (Å²) < 4.78 is 0. The zero-order chi connectivity index (χ0) is 18.7. The average molecular weight is 380 g/mol. The largest absolute Gasteiger partial charge is 0.399 e. The molecular formula is C22H22ClN3O. The quantitative estimate of drug-likeness (QED) is 0.657. The predicted molar refractivity (Wildman–Crippen MR) is 115 cm³/mol. The first-order valence-corrected chi connectivity index (χ1v) is 8.37. The first kappa shape index (κ1) is 20.2. The molecule has 1 aliphatic carbocycles. The van der Waals surface area contributed by atoms with Gasteiger partial charge in [-0.3, -0.25) is 4.79 Å². The van der Waals surface area contributed by atoms with Gasteiger partial charge in [0.05, 0.1) is 5.71 Å². The molecule has 27 heavy (non-hydrogen) atoms. The number of halogens is 1. The molecule has 3 rings (SSSR count). The summed E-state index contributed by atoms with van der Waals surface area (Å²) in [5.74, 6) is -0.0952. The van der Waals surface area contributed by atoms with Crippen molar-refractivity contribution in [1.29, 1.82) is 5.41 Å². The van der Waals surface area contributed by atoms with Crippen LogP contribution in [0.3, 0.4) is 0 Å². The number of hydrogen-bond donors (Lipinski definition) is 3. The average Bonchev–Trinajstić information content (AvgIpc) is 2.61. The lowest BCUT2D eigenvalue weighted by atomic mass is 9.89. The number of carbonyl (C=O) groups is 1. The Balaban J connectivity index is 0.00000261. The van der Waals surface area contributed by atoms with Crippen LogP contribution in [0, 0.1) is 5.41 Å². The van der Waals surface area contributed by atoms with E-state index in [9.17, 15) is 4.79 Å². The molecule has 4 N–H and O–H groups in total. The van der Waals surface area contributed by atoms with Gasteiger partial charge in [0.25, 0.3) is 0 Å². The number of allylic oxidation sites excluding steroid dienone is 5. The molecule has 4 nitrogen and oxygen atoms in total. The van der Waals surface area contributed by atoms with E-state index >= 15 is 0 Å². The van der Waals surface area contributed by atoms with Crippen LogP contribution in [0.1, 0.15) is 25.0 Å². The minimum Gasteiger partial charge on any atom is -0.399 e. The molecule has 0 saturated heterocycles. The van der Waals surface area contributed by atoms with Gasteiger partial charge in [0.15, 0.2) is 0 Å². The van der Waals surface area contributed by atoms with Gasteiger partial charge in [-0.1, -0.05) is 30.3 Å². The molecule has 0 radical (unpaired) electrons. The fourth-order valence-electron chi connectivity index (χ4n) is 2.89. The highest BCUT2D eigenvalue weighted by atomic mass is 35.5. The van der Waals surface area contributed by atoms with Crippen molar-refractivity contribution in [2.75, 3.05) is 11.1 Å². The number of hydrogen-bond acceptors (Lipinski definition) is 3. The smallest absolute Gasteiger partial charge is 0.221 e. The lowest BCUT2D eigenvalue weighted by molar-refractivity contribution is -0.114. The minimum atomic E-state index is -0.0952. The third-order valence-electron chi connectivity index (χ3n) is 4.21. The fraction of sp³-hybridized carbons (Fsp3) is 0.0909. The second kappa shape index (κ2) is 8.52. The molecule has 0 spiro atoms. The predicted octanol–water partition coefficient (Wildman–Crippen LogP) is 4.99. The summed E-state index contributed by atoms with van der Waals surface area (Å²) in [5.41, 5.74) is 12.9. The van der Waals surface area contributed by atoms with E-state index in [0.717, 1.165) is 33.5 Å². The minimum absolute atomic E-state index is 0. The molecule has 0 saturated carbocycles. The third-order valence-corrected chi connectivity index (χ3v) is 4.21. The van der Waals surface area contributed by atoms with E-state index in [1.54, 1.807) is 0 Å². The molecular weight excluding hydrogens is 358 g/mol. The highest BCUT2D eigenvalue weighted by molar-refractivity contribution is 6.08.